The largest absolute Gasteiger partial charge is 0.483 e. The second-order valence-electron chi connectivity index (χ2n) is 5.65. The molecule has 0 fully saturated rings. The van der Waals surface area contributed by atoms with Gasteiger partial charge in [0.2, 0.25) is 10.0 Å². The molecule has 0 saturated carbocycles. The molecule has 10 heteroatoms. The maximum Gasteiger partial charge on any atom is 0.419 e. The molecule has 6 nitrogen and oxygen atoms in total. The van der Waals surface area contributed by atoms with Crippen LogP contribution in [0.4, 0.5) is 18.9 Å². The summed E-state index contributed by atoms with van der Waals surface area (Å²) < 4.78 is 68.9. The molecule has 2 rings (SSSR count). The number of carbonyl (C=O) groups excluding carboxylic acids is 1. The van der Waals surface area contributed by atoms with E-state index in [1.54, 1.807) is 0 Å². The molecule has 0 aliphatic heterocycles. The lowest BCUT2D eigenvalue weighted by Gasteiger charge is -2.14. The van der Waals surface area contributed by atoms with Crippen molar-refractivity contribution in [1.29, 1.82) is 0 Å². The van der Waals surface area contributed by atoms with Crippen LogP contribution >= 0.6 is 0 Å². The third-order valence-corrected chi connectivity index (χ3v) is 5.26. The first-order valence-electron chi connectivity index (χ1n) is 7.63. The number of para-hydroxylation sites is 1. The predicted octanol–water partition coefficient (Wildman–Crippen LogP) is 2.97. The first-order chi connectivity index (χ1) is 12.5. The van der Waals surface area contributed by atoms with Gasteiger partial charge in [-0.05, 0) is 30.3 Å². The van der Waals surface area contributed by atoms with Crippen molar-refractivity contribution < 1.29 is 31.1 Å². The number of carbonyl (C=O) groups is 1. The second-order valence-corrected chi connectivity index (χ2v) is 7.80. The highest BCUT2D eigenvalue weighted by atomic mass is 32.2. The summed E-state index contributed by atoms with van der Waals surface area (Å²) in [7, 11) is -0.951. The SMILES string of the molecule is CN(C)S(=O)(=O)c1cccc(NC(=O)COc2ccccc2C(F)(F)F)c1. The Labute approximate surface area is 154 Å². The fourth-order valence-electron chi connectivity index (χ4n) is 2.11. The number of sulfonamides is 1. The molecule has 0 aliphatic carbocycles. The van der Waals surface area contributed by atoms with Crippen LogP contribution in [0.3, 0.4) is 0 Å². The summed E-state index contributed by atoms with van der Waals surface area (Å²) in [5.41, 5.74) is -0.812. The van der Waals surface area contributed by atoms with Gasteiger partial charge in [0.05, 0.1) is 10.5 Å². The number of benzene rings is 2. The van der Waals surface area contributed by atoms with Crippen molar-refractivity contribution in [3.63, 3.8) is 0 Å². The standard InChI is InChI=1S/C17H17F3N2O4S/c1-22(2)27(24,25)13-7-5-6-12(10-13)21-16(23)11-26-15-9-4-3-8-14(15)17(18,19)20/h3-10H,11H2,1-2H3,(H,21,23). The van der Waals surface area contributed by atoms with E-state index in [0.29, 0.717) is 0 Å². The van der Waals surface area contributed by atoms with Crippen LogP contribution in [0.25, 0.3) is 0 Å². The monoisotopic (exact) mass is 402 g/mol. The van der Waals surface area contributed by atoms with Gasteiger partial charge in [0, 0.05) is 19.8 Å². The van der Waals surface area contributed by atoms with Crippen molar-refractivity contribution in [1.82, 2.24) is 4.31 Å². The smallest absolute Gasteiger partial charge is 0.419 e. The fraction of sp³-hybridized carbons (Fsp3) is 0.235. The van der Waals surface area contributed by atoms with Gasteiger partial charge in [0.25, 0.3) is 5.91 Å². The lowest BCUT2D eigenvalue weighted by molar-refractivity contribution is -0.139. The number of nitrogens with zero attached hydrogens (tertiary/aromatic N) is 1. The highest BCUT2D eigenvalue weighted by Gasteiger charge is 2.34. The molecule has 0 unspecified atom stereocenters. The highest BCUT2D eigenvalue weighted by Crippen LogP contribution is 2.35. The van der Waals surface area contributed by atoms with Crippen molar-refractivity contribution in [2.24, 2.45) is 0 Å². The molecule has 0 spiro atoms. The van der Waals surface area contributed by atoms with Crippen LogP contribution in [-0.4, -0.2) is 39.3 Å². The zero-order valence-electron chi connectivity index (χ0n) is 14.4. The number of anilines is 1. The Morgan fingerprint density at radius 2 is 1.78 bits per heavy atom. The minimum atomic E-state index is -4.61. The number of halogens is 3. The lowest BCUT2D eigenvalue weighted by Crippen LogP contribution is -2.23. The average molecular weight is 402 g/mol. The van der Waals surface area contributed by atoms with Crippen LogP contribution in [-0.2, 0) is 21.0 Å². The molecule has 27 heavy (non-hydrogen) atoms. The van der Waals surface area contributed by atoms with Gasteiger partial charge >= 0.3 is 6.18 Å². The Morgan fingerprint density at radius 1 is 1.11 bits per heavy atom. The van der Waals surface area contributed by atoms with E-state index in [-0.39, 0.29) is 10.6 Å². The lowest BCUT2D eigenvalue weighted by atomic mass is 10.2. The molecule has 1 amide bonds. The van der Waals surface area contributed by atoms with Gasteiger partial charge in [-0.25, -0.2) is 12.7 Å². The summed E-state index contributed by atoms with van der Waals surface area (Å²) in [6, 6.07) is 10.0. The number of ether oxygens (including phenoxy) is 1. The zero-order chi connectivity index (χ0) is 20.2. The van der Waals surface area contributed by atoms with Crippen molar-refractivity contribution in [3.8, 4) is 5.75 Å². The van der Waals surface area contributed by atoms with Gasteiger partial charge in [-0.15, -0.1) is 0 Å². The van der Waals surface area contributed by atoms with Gasteiger partial charge in [-0.3, -0.25) is 4.79 Å². The molecule has 0 radical (unpaired) electrons. The number of alkyl halides is 3. The maximum absolute atomic E-state index is 12.9. The normalized spacial score (nSPS) is 12.1. The Morgan fingerprint density at radius 3 is 2.41 bits per heavy atom. The maximum atomic E-state index is 12.9. The third-order valence-electron chi connectivity index (χ3n) is 3.45. The minimum absolute atomic E-state index is 0.0337. The first-order valence-corrected chi connectivity index (χ1v) is 9.07. The molecular weight excluding hydrogens is 385 g/mol. The summed E-state index contributed by atoms with van der Waals surface area (Å²) >= 11 is 0. The van der Waals surface area contributed by atoms with E-state index in [2.05, 4.69) is 5.32 Å². The summed E-state index contributed by atoms with van der Waals surface area (Å²) in [5.74, 6) is -1.20. The first kappa shape index (κ1) is 20.7. The Hall–Kier alpha value is -2.59. The fourth-order valence-corrected chi connectivity index (χ4v) is 3.06. The predicted molar refractivity (Wildman–Crippen MR) is 92.9 cm³/mol. The molecule has 0 atom stereocenters. The Kier molecular flexibility index (Phi) is 6.11. The topological polar surface area (TPSA) is 75.7 Å². The van der Waals surface area contributed by atoms with Gasteiger partial charge in [0.15, 0.2) is 6.61 Å². The van der Waals surface area contributed by atoms with Crippen molar-refractivity contribution in [3.05, 3.63) is 54.1 Å². The van der Waals surface area contributed by atoms with Gasteiger partial charge < -0.3 is 10.1 Å². The molecule has 0 heterocycles. The molecule has 146 valence electrons. The summed E-state index contributed by atoms with van der Waals surface area (Å²) in [5, 5.41) is 2.39. The van der Waals surface area contributed by atoms with Crippen LogP contribution < -0.4 is 10.1 Å². The number of nitrogens with one attached hydrogen (secondary N) is 1. The van der Waals surface area contributed by atoms with Crippen LogP contribution in [0.1, 0.15) is 5.56 Å². The van der Waals surface area contributed by atoms with E-state index in [9.17, 15) is 26.4 Å². The number of hydrogen-bond acceptors (Lipinski definition) is 4. The van der Waals surface area contributed by atoms with Gasteiger partial charge in [0.1, 0.15) is 5.75 Å². The average Bonchev–Trinajstić information content (AvgIpc) is 2.59. The zero-order valence-corrected chi connectivity index (χ0v) is 15.3. The van der Waals surface area contributed by atoms with E-state index >= 15 is 0 Å². The number of amides is 1. The second kappa shape index (κ2) is 7.97. The number of rotatable bonds is 6. The molecule has 2 aromatic carbocycles. The van der Waals surface area contributed by atoms with E-state index < -0.39 is 40.0 Å². The molecule has 1 N–H and O–H groups in total. The highest BCUT2D eigenvalue weighted by molar-refractivity contribution is 7.89. The molecule has 2 aromatic rings. The molecule has 0 aliphatic rings. The number of hydrogen-bond donors (Lipinski definition) is 1. The van der Waals surface area contributed by atoms with Crippen molar-refractivity contribution in [2.45, 2.75) is 11.1 Å². The van der Waals surface area contributed by atoms with Crippen LogP contribution in [0.5, 0.6) is 5.75 Å². The van der Waals surface area contributed by atoms with E-state index in [0.717, 1.165) is 16.4 Å². The van der Waals surface area contributed by atoms with Gasteiger partial charge in [-0.2, -0.15) is 13.2 Å². The summed E-state index contributed by atoms with van der Waals surface area (Å²) in [4.78, 5) is 11.9. The van der Waals surface area contributed by atoms with E-state index in [1.165, 1.54) is 50.5 Å². The Balaban J connectivity index is 2.08. The van der Waals surface area contributed by atoms with Crippen molar-refractivity contribution in [2.75, 3.05) is 26.0 Å². The summed E-state index contributed by atoms with van der Waals surface area (Å²) in [6.45, 7) is -0.669. The van der Waals surface area contributed by atoms with E-state index in [1.807, 2.05) is 0 Å². The van der Waals surface area contributed by atoms with Crippen LogP contribution in [0.15, 0.2) is 53.4 Å². The Bertz CT molecular complexity index is 928. The van der Waals surface area contributed by atoms with Crippen LogP contribution in [0.2, 0.25) is 0 Å². The summed E-state index contributed by atoms with van der Waals surface area (Å²) in [6.07, 6.45) is -4.61. The van der Waals surface area contributed by atoms with E-state index in [4.69, 9.17) is 4.74 Å². The van der Waals surface area contributed by atoms with Crippen molar-refractivity contribution >= 4 is 21.6 Å². The van der Waals surface area contributed by atoms with Gasteiger partial charge in [-0.1, -0.05) is 18.2 Å². The molecule has 0 bridgehead atoms. The minimum Gasteiger partial charge on any atom is -0.483 e. The van der Waals surface area contributed by atoms with Crippen LogP contribution in [0, 0.1) is 0 Å². The quantitative estimate of drug-likeness (QED) is 0.806. The molecular formula is C17H17F3N2O4S. The molecule has 0 aromatic heterocycles. The molecule has 0 saturated heterocycles. The third kappa shape index (κ3) is 5.20.